The SMILES string of the molecule is CCNC(=O)[C@H](Cc1ccccc1)N(Cc1cccc(OC)c1)C(=O)Cc1ccc(OC)cc1. The molecule has 0 unspecified atom stereocenters. The van der Waals surface area contributed by atoms with Crippen molar-refractivity contribution < 1.29 is 19.1 Å². The Morgan fingerprint density at radius 1 is 0.824 bits per heavy atom. The summed E-state index contributed by atoms with van der Waals surface area (Å²) in [7, 11) is 3.22. The summed E-state index contributed by atoms with van der Waals surface area (Å²) < 4.78 is 10.6. The molecule has 1 N–H and O–H groups in total. The van der Waals surface area contributed by atoms with E-state index in [1.54, 1.807) is 19.1 Å². The topological polar surface area (TPSA) is 67.9 Å². The Kier molecular flexibility index (Phi) is 9.09. The van der Waals surface area contributed by atoms with Crippen LogP contribution in [0.2, 0.25) is 0 Å². The summed E-state index contributed by atoms with van der Waals surface area (Å²) in [6, 6.07) is 24.1. The number of nitrogens with one attached hydrogen (secondary N) is 1. The van der Waals surface area contributed by atoms with E-state index >= 15 is 0 Å². The predicted molar refractivity (Wildman–Crippen MR) is 133 cm³/mol. The number of hydrogen-bond acceptors (Lipinski definition) is 4. The van der Waals surface area contributed by atoms with Crippen molar-refractivity contribution >= 4 is 11.8 Å². The lowest BCUT2D eigenvalue weighted by Crippen LogP contribution is -2.50. The van der Waals surface area contributed by atoms with Gasteiger partial charge in [0.25, 0.3) is 0 Å². The summed E-state index contributed by atoms with van der Waals surface area (Å²) >= 11 is 0. The van der Waals surface area contributed by atoms with Crippen LogP contribution in [0.1, 0.15) is 23.6 Å². The van der Waals surface area contributed by atoms with Gasteiger partial charge in [-0.15, -0.1) is 0 Å². The van der Waals surface area contributed by atoms with Crippen LogP contribution in [0.5, 0.6) is 11.5 Å². The van der Waals surface area contributed by atoms with E-state index in [4.69, 9.17) is 9.47 Å². The molecule has 178 valence electrons. The molecule has 3 aromatic carbocycles. The molecular formula is C28H32N2O4. The highest BCUT2D eigenvalue weighted by atomic mass is 16.5. The highest BCUT2D eigenvalue weighted by molar-refractivity contribution is 5.88. The highest BCUT2D eigenvalue weighted by Crippen LogP contribution is 2.20. The Bertz CT molecular complexity index is 1070. The van der Waals surface area contributed by atoms with Crippen LogP contribution in [0.3, 0.4) is 0 Å². The van der Waals surface area contributed by atoms with Gasteiger partial charge in [0, 0.05) is 19.5 Å². The molecule has 6 heteroatoms. The van der Waals surface area contributed by atoms with Gasteiger partial charge in [0.05, 0.1) is 20.6 Å². The molecule has 0 saturated carbocycles. The number of methoxy groups -OCH3 is 2. The first-order valence-corrected chi connectivity index (χ1v) is 11.4. The van der Waals surface area contributed by atoms with E-state index in [-0.39, 0.29) is 18.2 Å². The van der Waals surface area contributed by atoms with Gasteiger partial charge >= 0.3 is 0 Å². The standard InChI is InChI=1S/C28H32N2O4/c1-4-29-28(32)26(18-21-9-6-5-7-10-21)30(20-23-11-8-12-25(17-23)34-3)27(31)19-22-13-15-24(33-2)16-14-22/h5-17,26H,4,18-20H2,1-3H3,(H,29,32)/t26-/m0/s1. The number of ether oxygens (including phenoxy) is 2. The smallest absolute Gasteiger partial charge is 0.243 e. The first-order valence-electron chi connectivity index (χ1n) is 11.4. The second-order valence-corrected chi connectivity index (χ2v) is 8.00. The van der Waals surface area contributed by atoms with E-state index in [0.717, 1.165) is 22.4 Å². The Hall–Kier alpha value is -3.80. The molecule has 0 spiro atoms. The third kappa shape index (κ3) is 6.85. The summed E-state index contributed by atoms with van der Waals surface area (Å²) in [5.74, 6) is 1.14. The fourth-order valence-electron chi connectivity index (χ4n) is 3.83. The van der Waals surface area contributed by atoms with E-state index in [1.165, 1.54) is 0 Å². The molecule has 1 atom stereocenters. The first-order chi connectivity index (χ1) is 16.5. The van der Waals surface area contributed by atoms with Crippen molar-refractivity contribution in [2.75, 3.05) is 20.8 Å². The zero-order valence-corrected chi connectivity index (χ0v) is 20.0. The van der Waals surface area contributed by atoms with Crippen LogP contribution in [0.15, 0.2) is 78.9 Å². The average Bonchev–Trinajstić information content (AvgIpc) is 2.87. The van der Waals surface area contributed by atoms with E-state index in [1.807, 2.05) is 85.8 Å². The lowest BCUT2D eigenvalue weighted by molar-refractivity contribution is -0.140. The van der Waals surface area contributed by atoms with Crippen LogP contribution in [0.25, 0.3) is 0 Å². The number of nitrogens with zero attached hydrogens (tertiary/aromatic N) is 1. The molecule has 3 rings (SSSR count). The lowest BCUT2D eigenvalue weighted by atomic mass is 10.0. The molecule has 0 bridgehead atoms. The minimum absolute atomic E-state index is 0.125. The zero-order chi connectivity index (χ0) is 24.3. The van der Waals surface area contributed by atoms with Gasteiger partial charge < -0.3 is 19.7 Å². The summed E-state index contributed by atoms with van der Waals surface area (Å²) in [5, 5.41) is 2.91. The molecule has 34 heavy (non-hydrogen) atoms. The minimum atomic E-state index is -0.653. The Labute approximate surface area is 201 Å². The van der Waals surface area contributed by atoms with E-state index < -0.39 is 6.04 Å². The maximum atomic E-state index is 13.6. The van der Waals surface area contributed by atoms with Crippen molar-refractivity contribution in [3.8, 4) is 11.5 Å². The monoisotopic (exact) mass is 460 g/mol. The molecule has 0 radical (unpaired) electrons. The van der Waals surface area contributed by atoms with Gasteiger partial charge in [-0.3, -0.25) is 9.59 Å². The number of amides is 2. The fraction of sp³-hybridized carbons (Fsp3) is 0.286. The molecule has 3 aromatic rings. The Morgan fingerprint density at radius 2 is 1.50 bits per heavy atom. The van der Waals surface area contributed by atoms with Gasteiger partial charge in [0.2, 0.25) is 11.8 Å². The molecule has 0 saturated heterocycles. The van der Waals surface area contributed by atoms with Gasteiger partial charge in [-0.05, 0) is 47.9 Å². The maximum absolute atomic E-state index is 13.6. The van der Waals surface area contributed by atoms with E-state index in [9.17, 15) is 9.59 Å². The normalized spacial score (nSPS) is 11.4. The Balaban J connectivity index is 1.94. The number of benzene rings is 3. The fourth-order valence-corrected chi connectivity index (χ4v) is 3.83. The molecule has 0 aliphatic carbocycles. The van der Waals surface area contributed by atoms with Crippen LogP contribution in [-0.2, 0) is 29.0 Å². The van der Waals surface area contributed by atoms with Gasteiger partial charge in [0.15, 0.2) is 0 Å². The second-order valence-electron chi connectivity index (χ2n) is 8.00. The zero-order valence-electron chi connectivity index (χ0n) is 20.0. The largest absolute Gasteiger partial charge is 0.497 e. The van der Waals surface area contributed by atoms with E-state index in [0.29, 0.717) is 25.3 Å². The Morgan fingerprint density at radius 3 is 2.15 bits per heavy atom. The summed E-state index contributed by atoms with van der Waals surface area (Å²) in [4.78, 5) is 28.5. The van der Waals surface area contributed by atoms with Crippen molar-refractivity contribution in [1.82, 2.24) is 10.2 Å². The quantitative estimate of drug-likeness (QED) is 0.469. The summed E-state index contributed by atoms with van der Waals surface area (Å²) in [5.41, 5.74) is 2.74. The molecule has 0 fully saturated rings. The third-order valence-electron chi connectivity index (χ3n) is 5.62. The van der Waals surface area contributed by atoms with Crippen molar-refractivity contribution in [1.29, 1.82) is 0 Å². The number of carbonyl (C=O) groups excluding carboxylic acids is 2. The molecule has 0 aromatic heterocycles. The summed E-state index contributed by atoms with van der Waals surface area (Å²) in [6.07, 6.45) is 0.601. The van der Waals surface area contributed by atoms with Crippen LogP contribution < -0.4 is 14.8 Å². The molecule has 0 aliphatic rings. The van der Waals surface area contributed by atoms with Crippen LogP contribution in [-0.4, -0.2) is 43.5 Å². The third-order valence-corrected chi connectivity index (χ3v) is 5.62. The van der Waals surface area contributed by atoms with Crippen LogP contribution in [0, 0.1) is 0 Å². The average molecular weight is 461 g/mol. The van der Waals surface area contributed by atoms with Crippen molar-refractivity contribution in [2.45, 2.75) is 32.4 Å². The minimum Gasteiger partial charge on any atom is -0.497 e. The molecule has 2 amide bonds. The maximum Gasteiger partial charge on any atom is 0.243 e. The highest BCUT2D eigenvalue weighted by Gasteiger charge is 2.30. The first kappa shape index (κ1) is 24.8. The van der Waals surface area contributed by atoms with E-state index in [2.05, 4.69) is 5.32 Å². The number of carbonyl (C=O) groups is 2. The van der Waals surface area contributed by atoms with Crippen LogP contribution >= 0.6 is 0 Å². The predicted octanol–water partition coefficient (Wildman–Crippen LogP) is 4.02. The number of rotatable bonds is 11. The van der Waals surface area contributed by atoms with Gasteiger partial charge in [-0.25, -0.2) is 0 Å². The number of likely N-dealkylation sites (N-methyl/N-ethyl adjacent to an activating group) is 1. The van der Waals surface area contributed by atoms with Crippen LogP contribution in [0.4, 0.5) is 0 Å². The van der Waals surface area contributed by atoms with Gasteiger partial charge in [-0.2, -0.15) is 0 Å². The lowest BCUT2D eigenvalue weighted by Gasteiger charge is -2.31. The van der Waals surface area contributed by atoms with Crippen molar-refractivity contribution in [2.24, 2.45) is 0 Å². The molecule has 6 nitrogen and oxygen atoms in total. The number of hydrogen-bond donors (Lipinski definition) is 1. The van der Waals surface area contributed by atoms with Crippen molar-refractivity contribution in [3.05, 3.63) is 95.6 Å². The van der Waals surface area contributed by atoms with Gasteiger partial charge in [0.1, 0.15) is 17.5 Å². The van der Waals surface area contributed by atoms with Crippen molar-refractivity contribution in [3.63, 3.8) is 0 Å². The molecule has 0 heterocycles. The molecular weight excluding hydrogens is 428 g/mol. The summed E-state index contributed by atoms with van der Waals surface area (Å²) in [6.45, 7) is 2.66. The molecule has 0 aliphatic heterocycles. The van der Waals surface area contributed by atoms with Gasteiger partial charge in [-0.1, -0.05) is 54.6 Å². The second kappa shape index (κ2) is 12.4.